The number of rotatable bonds is 5. The normalized spacial score (nSPS) is 10.6. The lowest BCUT2D eigenvalue weighted by molar-refractivity contribution is 0.602. The summed E-state index contributed by atoms with van der Waals surface area (Å²) in [7, 11) is 0. The molecule has 0 radical (unpaired) electrons. The summed E-state index contributed by atoms with van der Waals surface area (Å²) in [5.74, 6) is 0. The van der Waals surface area contributed by atoms with Crippen LogP contribution in [0.3, 0.4) is 0 Å². The van der Waals surface area contributed by atoms with Crippen molar-refractivity contribution in [1.82, 2.24) is 9.78 Å². The standard InChI is InChI=1S/C15H21N3/c1-4-7-18-11-14(10-17-18)9-16-15-6-5-12(2)8-13(15)3/h5-6,8,10-11,16H,4,7,9H2,1-3H3. The molecular weight excluding hydrogens is 222 g/mol. The van der Waals surface area contributed by atoms with Gasteiger partial charge in [-0.1, -0.05) is 24.6 Å². The first-order chi connectivity index (χ1) is 8.69. The molecule has 2 aromatic rings. The fourth-order valence-corrected chi connectivity index (χ4v) is 2.06. The van der Waals surface area contributed by atoms with Gasteiger partial charge in [0.1, 0.15) is 0 Å². The second-order valence-electron chi connectivity index (χ2n) is 4.78. The van der Waals surface area contributed by atoms with E-state index >= 15 is 0 Å². The molecule has 0 saturated carbocycles. The van der Waals surface area contributed by atoms with Crippen molar-refractivity contribution >= 4 is 5.69 Å². The van der Waals surface area contributed by atoms with E-state index in [0.29, 0.717) is 0 Å². The summed E-state index contributed by atoms with van der Waals surface area (Å²) < 4.78 is 2.00. The zero-order valence-electron chi connectivity index (χ0n) is 11.4. The number of anilines is 1. The third kappa shape index (κ3) is 3.13. The zero-order valence-corrected chi connectivity index (χ0v) is 11.4. The van der Waals surface area contributed by atoms with Gasteiger partial charge in [-0.15, -0.1) is 0 Å². The lowest BCUT2D eigenvalue weighted by Gasteiger charge is -2.09. The van der Waals surface area contributed by atoms with E-state index < -0.39 is 0 Å². The van der Waals surface area contributed by atoms with Crippen LogP contribution in [0.1, 0.15) is 30.0 Å². The van der Waals surface area contributed by atoms with E-state index in [1.54, 1.807) is 0 Å². The zero-order chi connectivity index (χ0) is 13.0. The van der Waals surface area contributed by atoms with Gasteiger partial charge in [-0.25, -0.2) is 0 Å². The van der Waals surface area contributed by atoms with E-state index in [-0.39, 0.29) is 0 Å². The van der Waals surface area contributed by atoms with Crippen molar-refractivity contribution in [3.63, 3.8) is 0 Å². The van der Waals surface area contributed by atoms with Crippen molar-refractivity contribution in [2.75, 3.05) is 5.32 Å². The second-order valence-corrected chi connectivity index (χ2v) is 4.78. The van der Waals surface area contributed by atoms with Gasteiger partial charge in [-0.3, -0.25) is 4.68 Å². The quantitative estimate of drug-likeness (QED) is 0.870. The summed E-state index contributed by atoms with van der Waals surface area (Å²) in [4.78, 5) is 0. The average molecular weight is 243 g/mol. The topological polar surface area (TPSA) is 29.9 Å². The van der Waals surface area contributed by atoms with Gasteiger partial charge in [0, 0.05) is 30.5 Å². The van der Waals surface area contributed by atoms with Crippen molar-refractivity contribution in [3.05, 3.63) is 47.3 Å². The van der Waals surface area contributed by atoms with Crippen LogP contribution in [-0.2, 0) is 13.1 Å². The molecule has 96 valence electrons. The van der Waals surface area contributed by atoms with E-state index in [0.717, 1.165) is 19.5 Å². The van der Waals surface area contributed by atoms with Gasteiger partial charge in [0.05, 0.1) is 6.20 Å². The first-order valence-electron chi connectivity index (χ1n) is 6.51. The highest BCUT2D eigenvalue weighted by atomic mass is 15.3. The van der Waals surface area contributed by atoms with Gasteiger partial charge >= 0.3 is 0 Å². The van der Waals surface area contributed by atoms with Crippen LogP contribution in [-0.4, -0.2) is 9.78 Å². The van der Waals surface area contributed by atoms with Crippen molar-refractivity contribution in [2.24, 2.45) is 0 Å². The van der Waals surface area contributed by atoms with E-state index in [4.69, 9.17) is 0 Å². The molecule has 0 unspecified atom stereocenters. The predicted octanol–water partition coefficient (Wildman–Crippen LogP) is 3.52. The Morgan fingerprint density at radius 2 is 2.11 bits per heavy atom. The molecule has 0 atom stereocenters. The molecule has 0 amide bonds. The molecule has 3 heteroatoms. The van der Waals surface area contributed by atoms with Crippen LogP contribution in [0.25, 0.3) is 0 Å². The fourth-order valence-electron chi connectivity index (χ4n) is 2.06. The van der Waals surface area contributed by atoms with E-state index in [1.165, 1.54) is 22.4 Å². The minimum absolute atomic E-state index is 0.827. The molecule has 1 N–H and O–H groups in total. The maximum Gasteiger partial charge on any atom is 0.0539 e. The molecule has 1 aromatic carbocycles. The summed E-state index contributed by atoms with van der Waals surface area (Å²) in [5, 5.41) is 7.79. The lowest BCUT2D eigenvalue weighted by Crippen LogP contribution is -2.00. The average Bonchev–Trinajstić information content (AvgIpc) is 2.76. The maximum atomic E-state index is 4.33. The Kier molecular flexibility index (Phi) is 4.03. The monoisotopic (exact) mass is 243 g/mol. The highest BCUT2D eigenvalue weighted by molar-refractivity contribution is 5.52. The Morgan fingerprint density at radius 3 is 2.83 bits per heavy atom. The van der Waals surface area contributed by atoms with Gasteiger partial charge in [0.2, 0.25) is 0 Å². The van der Waals surface area contributed by atoms with Gasteiger partial charge < -0.3 is 5.32 Å². The van der Waals surface area contributed by atoms with Crippen LogP contribution < -0.4 is 5.32 Å². The Morgan fingerprint density at radius 1 is 1.28 bits per heavy atom. The van der Waals surface area contributed by atoms with Crippen molar-refractivity contribution in [1.29, 1.82) is 0 Å². The highest BCUT2D eigenvalue weighted by Gasteiger charge is 2.00. The summed E-state index contributed by atoms with van der Waals surface area (Å²) in [6.07, 6.45) is 5.16. The predicted molar refractivity (Wildman–Crippen MR) is 75.8 cm³/mol. The molecule has 0 bridgehead atoms. The summed E-state index contributed by atoms with van der Waals surface area (Å²) in [5.41, 5.74) is 5.01. The lowest BCUT2D eigenvalue weighted by atomic mass is 10.1. The largest absolute Gasteiger partial charge is 0.381 e. The second kappa shape index (κ2) is 5.71. The first kappa shape index (κ1) is 12.7. The van der Waals surface area contributed by atoms with Crippen LogP contribution in [0.5, 0.6) is 0 Å². The number of hydrogen-bond acceptors (Lipinski definition) is 2. The molecule has 0 saturated heterocycles. The van der Waals surface area contributed by atoms with Crippen molar-refractivity contribution < 1.29 is 0 Å². The van der Waals surface area contributed by atoms with Gasteiger partial charge in [0.15, 0.2) is 0 Å². The smallest absolute Gasteiger partial charge is 0.0539 e. The van der Waals surface area contributed by atoms with Gasteiger partial charge in [-0.05, 0) is 31.9 Å². The molecule has 3 nitrogen and oxygen atoms in total. The molecule has 1 heterocycles. The Hall–Kier alpha value is -1.77. The van der Waals surface area contributed by atoms with Crippen molar-refractivity contribution in [2.45, 2.75) is 40.3 Å². The van der Waals surface area contributed by atoms with Crippen LogP contribution >= 0.6 is 0 Å². The fraction of sp³-hybridized carbons (Fsp3) is 0.400. The van der Waals surface area contributed by atoms with Gasteiger partial charge in [0.25, 0.3) is 0 Å². The third-order valence-corrected chi connectivity index (χ3v) is 3.00. The van der Waals surface area contributed by atoms with E-state index in [1.807, 2.05) is 10.9 Å². The minimum Gasteiger partial charge on any atom is -0.381 e. The Balaban J connectivity index is 1.97. The molecule has 2 rings (SSSR count). The molecule has 1 aromatic heterocycles. The number of aromatic nitrogens is 2. The molecular formula is C15H21N3. The van der Waals surface area contributed by atoms with Gasteiger partial charge in [-0.2, -0.15) is 5.10 Å². The Bertz CT molecular complexity index is 514. The number of nitrogens with zero attached hydrogens (tertiary/aromatic N) is 2. The van der Waals surface area contributed by atoms with Crippen molar-refractivity contribution in [3.8, 4) is 0 Å². The SMILES string of the molecule is CCCn1cc(CNc2ccc(C)cc2C)cn1. The van der Waals surface area contributed by atoms with Crippen LogP contribution in [0.2, 0.25) is 0 Å². The summed E-state index contributed by atoms with van der Waals surface area (Å²) >= 11 is 0. The molecule has 0 aliphatic rings. The number of nitrogens with one attached hydrogen (secondary N) is 1. The first-order valence-corrected chi connectivity index (χ1v) is 6.51. The summed E-state index contributed by atoms with van der Waals surface area (Å²) in [6.45, 7) is 8.23. The number of benzene rings is 1. The van der Waals surface area contributed by atoms with Crippen LogP contribution in [0, 0.1) is 13.8 Å². The number of hydrogen-bond donors (Lipinski definition) is 1. The highest BCUT2D eigenvalue weighted by Crippen LogP contribution is 2.16. The third-order valence-electron chi connectivity index (χ3n) is 3.00. The summed E-state index contributed by atoms with van der Waals surface area (Å²) in [6, 6.07) is 6.47. The van der Waals surface area contributed by atoms with E-state index in [2.05, 4.69) is 55.6 Å². The molecule has 0 aliphatic carbocycles. The van der Waals surface area contributed by atoms with Crippen LogP contribution in [0.4, 0.5) is 5.69 Å². The number of aryl methyl sites for hydroxylation is 3. The Labute approximate surface area is 109 Å². The molecule has 0 spiro atoms. The maximum absolute atomic E-state index is 4.33. The molecule has 0 fully saturated rings. The van der Waals surface area contributed by atoms with Crippen LogP contribution in [0.15, 0.2) is 30.6 Å². The molecule has 18 heavy (non-hydrogen) atoms. The minimum atomic E-state index is 0.827. The molecule has 0 aliphatic heterocycles. The van der Waals surface area contributed by atoms with E-state index in [9.17, 15) is 0 Å².